The van der Waals surface area contributed by atoms with Crippen molar-refractivity contribution in [3.05, 3.63) is 36.4 Å². The van der Waals surface area contributed by atoms with Crippen molar-refractivity contribution in [2.75, 3.05) is 10.6 Å². The molecule has 120 valence electrons. The molecule has 7 heteroatoms. The van der Waals surface area contributed by atoms with Crippen molar-refractivity contribution in [3.8, 4) is 0 Å². The summed E-state index contributed by atoms with van der Waals surface area (Å²) in [5, 5.41) is 4.16. The zero-order valence-electron chi connectivity index (χ0n) is 12.4. The van der Waals surface area contributed by atoms with Gasteiger partial charge in [-0.05, 0) is 23.6 Å². The zero-order valence-corrected chi connectivity index (χ0v) is 12.4. The fourth-order valence-corrected chi connectivity index (χ4v) is 1.39. The van der Waals surface area contributed by atoms with Crippen molar-refractivity contribution < 1.29 is 22.8 Å². The predicted octanol–water partition coefficient (Wildman–Crippen LogP) is 3.73. The number of carbonyl (C=O) groups is 2. The monoisotopic (exact) mass is 314 g/mol. The molecule has 0 atom stereocenters. The lowest BCUT2D eigenvalue weighted by molar-refractivity contribution is -0.167. The number of halogens is 3. The Kier molecular flexibility index (Phi) is 5.35. The molecule has 0 aromatic heterocycles. The van der Waals surface area contributed by atoms with Gasteiger partial charge in [0, 0.05) is 0 Å². The Labute approximate surface area is 126 Å². The first kappa shape index (κ1) is 17.7. The highest BCUT2D eigenvalue weighted by Gasteiger charge is 2.38. The van der Waals surface area contributed by atoms with Crippen LogP contribution in [0.2, 0.25) is 0 Å². The smallest absolute Gasteiger partial charge is 0.321 e. The van der Waals surface area contributed by atoms with Gasteiger partial charge in [0.05, 0.1) is 11.4 Å². The summed E-state index contributed by atoms with van der Waals surface area (Å²) in [6.45, 7) is 5.69. The Hall–Kier alpha value is -2.31. The van der Waals surface area contributed by atoms with Crippen LogP contribution in [-0.2, 0) is 9.59 Å². The summed E-state index contributed by atoms with van der Waals surface area (Å²) in [6, 6.07) is 5.65. The number of hydrogen-bond acceptors (Lipinski definition) is 2. The van der Waals surface area contributed by atoms with Gasteiger partial charge in [-0.1, -0.05) is 39.0 Å². The standard InChI is InChI=1S/C15H17F3N2O2/c1-14(2,3)9-8-12(21)19-10-6-4-5-7-11(10)20-13(22)15(16,17)18/h4-9H,1-3H3,(H,19,21)(H,20,22)/b9-8+. The maximum Gasteiger partial charge on any atom is 0.471 e. The van der Waals surface area contributed by atoms with Gasteiger partial charge in [0.15, 0.2) is 0 Å². The summed E-state index contributed by atoms with van der Waals surface area (Å²) in [4.78, 5) is 22.7. The highest BCUT2D eigenvalue weighted by atomic mass is 19.4. The molecule has 22 heavy (non-hydrogen) atoms. The maximum atomic E-state index is 12.3. The lowest BCUT2D eigenvalue weighted by Crippen LogP contribution is -2.30. The van der Waals surface area contributed by atoms with Gasteiger partial charge in [-0.25, -0.2) is 0 Å². The number of hydrogen-bond donors (Lipinski definition) is 2. The minimum absolute atomic E-state index is 0.0867. The fraction of sp³-hybridized carbons (Fsp3) is 0.333. The Morgan fingerprint density at radius 1 is 1.00 bits per heavy atom. The van der Waals surface area contributed by atoms with Crippen LogP contribution in [0.5, 0.6) is 0 Å². The number of alkyl halides is 3. The van der Waals surface area contributed by atoms with Crippen LogP contribution in [0.15, 0.2) is 36.4 Å². The number of rotatable bonds is 3. The summed E-state index contributed by atoms with van der Waals surface area (Å²) in [7, 11) is 0. The van der Waals surface area contributed by atoms with E-state index in [1.54, 1.807) is 11.4 Å². The molecule has 0 saturated carbocycles. The molecule has 0 fully saturated rings. The van der Waals surface area contributed by atoms with Crippen molar-refractivity contribution in [2.45, 2.75) is 26.9 Å². The molecule has 2 amide bonds. The average Bonchev–Trinajstić information content (AvgIpc) is 2.37. The fourth-order valence-electron chi connectivity index (χ4n) is 1.39. The second-order valence-corrected chi connectivity index (χ2v) is 5.69. The van der Waals surface area contributed by atoms with E-state index < -0.39 is 18.0 Å². The average molecular weight is 314 g/mol. The highest BCUT2D eigenvalue weighted by molar-refractivity contribution is 6.04. The van der Waals surface area contributed by atoms with E-state index in [2.05, 4.69) is 5.32 Å². The van der Waals surface area contributed by atoms with Crippen LogP contribution in [0.25, 0.3) is 0 Å². The molecule has 0 spiro atoms. The zero-order chi connectivity index (χ0) is 17.0. The number of amides is 2. The molecular weight excluding hydrogens is 297 g/mol. The van der Waals surface area contributed by atoms with E-state index in [4.69, 9.17) is 0 Å². The van der Waals surface area contributed by atoms with Crippen molar-refractivity contribution in [3.63, 3.8) is 0 Å². The van der Waals surface area contributed by atoms with Crippen LogP contribution in [0.4, 0.5) is 24.5 Å². The van der Waals surface area contributed by atoms with E-state index in [0.29, 0.717) is 0 Å². The topological polar surface area (TPSA) is 58.2 Å². The van der Waals surface area contributed by atoms with Gasteiger partial charge >= 0.3 is 12.1 Å². The number of para-hydroxylation sites is 2. The van der Waals surface area contributed by atoms with Gasteiger partial charge < -0.3 is 10.6 Å². The SMILES string of the molecule is CC(C)(C)/C=C/C(=O)Nc1ccccc1NC(=O)C(F)(F)F. The molecule has 2 N–H and O–H groups in total. The molecule has 1 aromatic rings. The summed E-state index contributed by atoms with van der Waals surface area (Å²) >= 11 is 0. The number of anilines is 2. The van der Waals surface area contributed by atoms with Gasteiger partial charge in [0.25, 0.3) is 0 Å². The number of carbonyl (C=O) groups excluding carboxylic acids is 2. The first-order valence-corrected chi connectivity index (χ1v) is 6.46. The third-order valence-corrected chi connectivity index (χ3v) is 2.43. The molecule has 1 rings (SSSR count). The van der Waals surface area contributed by atoms with E-state index in [1.165, 1.54) is 30.3 Å². The van der Waals surface area contributed by atoms with E-state index >= 15 is 0 Å². The summed E-state index contributed by atoms with van der Waals surface area (Å²) in [5.74, 6) is -2.59. The molecule has 1 aromatic carbocycles. The molecule has 4 nitrogen and oxygen atoms in total. The second-order valence-electron chi connectivity index (χ2n) is 5.69. The van der Waals surface area contributed by atoms with Crippen LogP contribution >= 0.6 is 0 Å². The molecular formula is C15H17F3N2O2. The molecule has 0 bridgehead atoms. The summed E-state index contributed by atoms with van der Waals surface area (Å²) in [6.07, 6.45) is -2.04. The first-order chi connectivity index (χ1) is 9.99. The van der Waals surface area contributed by atoms with Crippen molar-refractivity contribution in [2.24, 2.45) is 5.41 Å². The predicted molar refractivity (Wildman–Crippen MR) is 78.4 cm³/mol. The maximum absolute atomic E-state index is 12.3. The lowest BCUT2D eigenvalue weighted by Gasteiger charge is -2.13. The molecule has 0 saturated heterocycles. The van der Waals surface area contributed by atoms with Crippen LogP contribution in [0.1, 0.15) is 20.8 Å². The molecule has 0 aliphatic rings. The molecule has 0 heterocycles. The first-order valence-electron chi connectivity index (χ1n) is 6.46. The van der Waals surface area contributed by atoms with Crippen LogP contribution in [0.3, 0.4) is 0 Å². The van der Waals surface area contributed by atoms with Gasteiger partial charge in [-0.15, -0.1) is 0 Å². The van der Waals surface area contributed by atoms with E-state index in [-0.39, 0.29) is 16.8 Å². The van der Waals surface area contributed by atoms with Gasteiger partial charge in [0.1, 0.15) is 0 Å². The van der Waals surface area contributed by atoms with E-state index in [1.807, 2.05) is 20.8 Å². The molecule has 0 radical (unpaired) electrons. The molecule has 0 aliphatic heterocycles. The second kappa shape index (κ2) is 6.64. The minimum atomic E-state index is -5.00. The largest absolute Gasteiger partial charge is 0.471 e. The van der Waals surface area contributed by atoms with Crippen LogP contribution < -0.4 is 10.6 Å². The van der Waals surface area contributed by atoms with Crippen molar-refractivity contribution in [1.82, 2.24) is 0 Å². The number of benzene rings is 1. The Morgan fingerprint density at radius 3 is 1.95 bits per heavy atom. The third kappa shape index (κ3) is 5.99. The Bertz CT molecular complexity index is 587. The van der Waals surface area contributed by atoms with Crippen LogP contribution in [0, 0.1) is 5.41 Å². The quantitative estimate of drug-likeness (QED) is 0.835. The Morgan fingerprint density at radius 2 is 1.50 bits per heavy atom. The summed E-state index contributed by atoms with van der Waals surface area (Å²) in [5.41, 5.74) is -0.243. The van der Waals surface area contributed by atoms with Gasteiger partial charge in [-0.2, -0.15) is 13.2 Å². The normalized spacial score (nSPS) is 12.3. The Balaban J connectivity index is 2.87. The highest BCUT2D eigenvalue weighted by Crippen LogP contribution is 2.24. The van der Waals surface area contributed by atoms with Gasteiger partial charge in [-0.3, -0.25) is 9.59 Å². The van der Waals surface area contributed by atoms with Crippen molar-refractivity contribution in [1.29, 1.82) is 0 Å². The minimum Gasteiger partial charge on any atom is -0.321 e. The van der Waals surface area contributed by atoms with Crippen molar-refractivity contribution >= 4 is 23.2 Å². The molecule has 0 unspecified atom stereocenters. The number of nitrogens with one attached hydrogen (secondary N) is 2. The third-order valence-electron chi connectivity index (χ3n) is 2.43. The van der Waals surface area contributed by atoms with Gasteiger partial charge in [0.2, 0.25) is 5.91 Å². The van der Waals surface area contributed by atoms with E-state index in [9.17, 15) is 22.8 Å². The van der Waals surface area contributed by atoms with Crippen LogP contribution in [-0.4, -0.2) is 18.0 Å². The summed E-state index contributed by atoms with van der Waals surface area (Å²) < 4.78 is 36.8. The lowest BCUT2D eigenvalue weighted by atomic mass is 9.96. The van der Waals surface area contributed by atoms with E-state index in [0.717, 1.165) is 0 Å². The molecule has 0 aliphatic carbocycles. The number of allylic oxidation sites excluding steroid dienone is 1.